The van der Waals surface area contributed by atoms with Gasteiger partial charge in [-0.3, -0.25) is 9.59 Å². The highest BCUT2D eigenvalue weighted by molar-refractivity contribution is 5.82. The number of ketones is 2. The van der Waals surface area contributed by atoms with Crippen LogP contribution in [0, 0.1) is 17.8 Å². The molecule has 0 aromatic carbocycles. The Morgan fingerprint density at radius 2 is 1.56 bits per heavy atom. The summed E-state index contributed by atoms with van der Waals surface area (Å²) in [6.07, 6.45) is 13.9. The lowest BCUT2D eigenvalue weighted by atomic mass is 9.93. The van der Waals surface area contributed by atoms with Crippen LogP contribution in [0.1, 0.15) is 80.6 Å². The van der Waals surface area contributed by atoms with Gasteiger partial charge in [0.15, 0.2) is 0 Å². The minimum atomic E-state index is -0.818. The Morgan fingerprint density at radius 3 is 2.16 bits per heavy atom. The van der Waals surface area contributed by atoms with E-state index in [-0.39, 0.29) is 35.9 Å². The van der Waals surface area contributed by atoms with Gasteiger partial charge in [0.25, 0.3) is 0 Å². The second-order valence-corrected chi connectivity index (χ2v) is 9.43. The molecule has 32 heavy (non-hydrogen) atoms. The van der Waals surface area contributed by atoms with E-state index in [0.29, 0.717) is 24.3 Å². The zero-order valence-corrected chi connectivity index (χ0v) is 21.6. The molecule has 1 N–H and O–H groups in total. The Hall–Kier alpha value is -1.78. The summed E-state index contributed by atoms with van der Waals surface area (Å²) in [6, 6.07) is 0. The van der Waals surface area contributed by atoms with Crippen LogP contribution >= 0.6 is 0 Å². The third-order valence-electron chi connectivity index (χ3n) is 5.83. The first-order valence-corrected chi connectivity index (χ1v) is 11.9. The molecule has 0 rings (SSSR count). The highest BCUT2D eigenvalue weighted by Gasteiger charge is 2.16. The van der Waals surface area contributed by atoms with Gasteiger partial charge < -0.3 is 9.84 Å². The van der Waals surface area contributed by atoms with Crippen molar-refractivity contribution in [1.29, 1.82) is 0 Å². The maximum atomic E-state index is 12.3. The fraction of sp³-hybridized carbons (Fsp3) is 0.643. The number of hydrogen-bond donors (Lipinski definition) is 1. The van der Waals surface area contributed by atoms with E-state index in [1.165, 1.54) is 0 Å². The molecule has 0 amide bonds. The van der Waals surface area contributed by atoms with Crippen LogP contribution in [0.2, 0.25) is 0 Å². The molecule has 182 valence electrons. The number of Topliss-reactive ketones (excluding diaryl/α,β-unsaturated/α-hetero) is 2. The monoisotopic (exact) mass is 446 g/mol. The fourth-order valence-corrected chi connectivity index (χ4v) is 3.07. The molecule has 0 aliphatic heterocycles. The van der Waals surface area contributed by atoms with Crippen molar-refractivity contribution in [3.63, 3.8) is 0 Å². The normalized spacial score (nSPS) is 17.2. The SMILES string of the molecule is COC(C)C(C)=CC=CC=CC(C)CCC(=O)CC(O)C(C)=CC(C)C(=O)CCC(C)C. The Labute approximate surface area is 196 Å². The maximum Gasteiger partial charge on any atom is 0.139 e. The number of aliphatic hydroxyl groups excluding tert-OH is 1. The Morgan fingerprint density at radius 1 is 0.906 bits per heavy atom. The number of carbonyl (C=O) groups is 2. The molecule has 0 aromatic heterocycles. The lowest BCUT2D eigenvalue weighted by Crippen LogP contribution is -2.17. The zero-order valence-electron chi connectivity index (χ0n) is 21.6. The molecule has 0 fully saturated rings. The van der Waals surface area contributed by atoms with Crippen molar-refractivity contribution in [2.24, 2.45) is 17.8 Å². The maximum absolute atomic E-state index is 12.3. The lowest BCUT2D eigenvalue weighted by molar-refractivity contribution is -0.121. The van der Waals surface area contributed by atoms with Gasteiger partial charge in [-0.05, 0) is 56.6 Å². The average Bonchev–Trinajstić information content (AvgIpc) is 2.74. The number of hydrogen-bond acceptors (Lipinski definition) is 4. The van der Waals surface area contributed by atoms with E-state index in [2.05, 4.69) is 26.8 Å². The van der Waals surface area contributed by atoms with Crippen molar-refractivity contribution in [3.05, 3.63) is 47.6 Å². The molecule has 0 saturated carbocycles. The number of rotatable bonds is 16. The van der Waals surface area contributed by atoms with E-state index in [9.17, 15) is 14.7 Å². The first-order valence-electron chi connectivity index (χ1n) is 11.9. The predicted octanol–water partition coefficient (Wildman–Crippen LogP) is 6.40. The van der Waals surface area contributed by atoms with Crippen LogP contribution in [0.25, 0.3) is 0 Å². The molecule has 4 atom stereocenters. The van der Waals surface area contributed by atoms with Crippen LogP contribution in [-0.4, -0.2) is 36.0 Å². The van der Waals surface area contributed by atoms with Gasteiger partial charge in [0, 0.05) is 32.3 Å². The molecule has 0 saturated heterocycles. The van der Waals surface area contributed by atoms with Crippen LogP contribution in [0.3, 0.4) is 0 Å². The highest BCUT2D eigenvalue weighted by Crippen LogP contribution is 2.16. The first-order chi connectivity index (χ1) is 15.0. The molecule has 0 aliphatic carbocycles. The van der Waals surface area contributed by atoms with Gasteiger partial charge in [0.1, 0.15) is 11.6 Å². The fourth-order valence-electron chi connectivity index (χ4n) is 3.07. The minimum Gasteiger partial charge on any atom is -0.388 e. The molecule has 0 radical (unpaired) electrons. The number of aliphatic hydroxyl groups is 1. The summed E-state index contributed by atoms with van der Waals surface area (Å²) in [5.74, 6) is 0.780. The molecule has 4 heteroatoms. The van der Waals surface area contributed by atoms with Crippen LogP contribution in [0.4, 0.5) is 0 Å². The van der Waals surface area contributed by atoms with Crippen LogP contribution < -0.4 is 0 Å². The van der Waals surface area contributed by atoms with Crippen molar-refractivity contribution in [2.45, 2.75) is 92.8 Å². The molecule has 0 bridgehead atoms. The quantitative estimate of drug-likeness (QED) is 0.220. The summed E-state index contributed by atoms with van der Waals surface area (Å²) < 4.78 is 5.26. The standard InChI is InChI=1S/C28H46O4/c1-20(2)14-17-27(30)23(5)18-24(6)28(31)19-26(29)16-15-21(3)12-10-9-11-13-22(4)25(7)32-8/h9-13,18,20-21,23,25,28,31H,14-17,19H2,1-8H3. The summed E-state index contributed by atoms with van der Waals surface area (Å²) >= 11 is 0. The number of ether oxygens (including phenoxy) is 1. The molecule has 0 aromatic rings. The van der Waals surface area contributed by atoms with Crippen molar-refractivity contribution < 1.29 is 19.4 Å². The van der Waals surface area contributed by atoms with Crippen LogP contribution in [-0.2, 0) is 14.3 Å². The zero-order chi connectivity index (χ0) is 24.7. The third-order valence-corrected chi connectivity index (χ3v) is 5.83. The molecular weight excluding hydrogens is 400 g/mol. The summed E-state index contributed by atoms with van der Waals surface area (Å²) in [7, 11) is 1.70. The summed E-state index contributed by atoms with van der Waals surface area (Å²) in [5, 5.41) is 10.4. The van der Waals surface area contributed by atoms with E-state index in [4.69, 9.17) is 4.74 Å². The highest BCUT2D eigenvalue weighted by atomic mass is 16.5. The first kappa shape index (κ1) is 30.2. The van der Waals surface area contributed by atoms with E-state index in [0.717, 1.165) is 18.4 Å². The second-order valence-electron chi connectivity index (χ2n) is 9.43. The molecule has 0 aliphatic rings. The van der Waals surface area contributed by atoms with Gasteiger partial charge in [-0.25, -0.2) is 0 Å². The average molecular weight is 447 g/mol. The van der Waals surface area contributed by atoms with E-state index >= 15 is 0 Å². The number of allylic oxidation sites excluding steroid dienone is 6. The molecule has 0 spiro atoms. The Balaban J connectivity index is 4.44. The van der Waals surface area contributed by atoms with Crippen LogP contribution in [0.5, 0.6) is 0 Å². The van der Waals surface area contributed by atoms with Crippen molar-refractivity contribution in [1.82, 2.24) is 0 Å². The van der Waals surface area contributed by atoms with Crippen molar-refractivity contribution in [2.75, 3.05) is 7.11 Å². The van der Waals surface area contributed by atoms with Gasteiger partial charge >= 0.3 is 0 Å². The van der Waals surface area contributed by atoms with Gasteiger partial charge in [0.05, 0.1) is 12.2 Å². The summed E-state index contributed by atoms with van der Waals surface area (Å²) in [4.78, 5) is 24.5. The summed E-state index contributed by atoms with van der Waals surface area (Å²) in [6.45, 7) is 14.0. The second kappa shape index (κ2) is 16.8. The van der Waals surface area contributed by atoms with Gasteiger partial charge in [-0.2, -0.15) is 0 Å². The Kier molecular flexibility index (Phi) is 15.9. The van der Waals surface area contributed by atoms with Crippen molar-refractivity contribution in [3.8, 4) is 0 Å². The predicted molar refractivity (Wildman–Crippen MR) is 135 cm³/mol. The largest absolute Gasteiger partial charge is 0.388 e. The lowest BCUT2D eigenvalue weighted by Gasteiger charge is -2.14. The Bertz CT molecular complexity index is 682. The number of methoxy groups -OCH3 is 1. The minimum absolute atomic E-state index is 0.0481. The van der Waals surface area contributed by atoms with E-state index in [1.54, 1.807) is 14.0 Å². The summed E-state index contributed by atoms with van der Waals surface area (Å²) in [5.41, 5.74) is 1.86. The number of carbonyl (C=O) groups excluding carboxylic acids is 2. The van der Waals surface area contributed by atoms with Crippen LogP contribution in [0.15, 0.2) is 47.6 Å². The van der Waals surface area contributed by atoms with Gasteiger partial charge in [-0.1, -0.05) is 64.2 Å². The molecule has 0 heterocycles. The topological polar surface area (TPSA) is 63.6 Å². The third kappa shape index (κ3) is 14.3. The molecule has 4 nitrogen and oxygen atoms in total. The van der Waals surface area contributed by atoms with E-state index < -0.39 is 6.10 Å². The van der Waals surface area contributed by atoms with Gasteiger partial charge in [0.2, 0.25) is 0 Å². The van der Waals surface area contributed by atoms with Crippen molar-refractivity contribution >= 4 is 11.6 Å². The molecular formula is C28H46O4. The van der Waals surface area contributed by atoms with Gasteiger partial charge in [-0.15, -0.1) is 0 Å². The molecule has 4 unspecified atom stereocenters. The van der Waals surface area contributed by atoms with E-state index in [1.807, 2.05) is 51.2 Å². The smallest absolute Gasteiger partial charge is 0.139 e.